The Bertz CT molecular complexity index is 242. The molecule has 0 saturated carbocycles. The lowest BCUT2D eigenvalue weighted by Gasteiger charge is -1.91. The van der Waals surface area contributed by atoms with E-state index in [1.807, 2.05) is 0 Å². The Morgan fingerprint density at radius 2 is 2.10 bits per heavy atom. The van der Waals surface area contributed by atoms with Crippen LogP contribution in [-0.4, -0.2) is 11.3 Å². The number of rotatable bonds is 1. The predicted octanol–water partition coefficient (Wildman–Crippen LogP) is 2.20. The Morgan fingerprint density at radius 3 is 2.60 bits per heavy atom. The molecule has 1 rings (SSSR count). The van der Waals surface area contributed by atoms with Crippen LogP contribution < -0.4 is 0 Å². The van der Waals surface area contributed by atoms with Crippen molar-refractivity contribution in [2.75, 3.05) is 0 Å². The summed E-state index contributed by atoms with van der Waals surface area (Å²) < 4.78 is 0. The summed E-state index contributed by atoms with van der Waals surface area (Å²) in [6.07, 6.45) is 0.595. The number of aromatic nitrogens is 1. The number of pyridine rings is 1. The molecule has 0 unspecified atom stereocenters. The maximum absolute atomic E-state index is 10.1. The minimum Gasteiger partial charge on any atom is -0.296 e. The quantitative estimate of drug-likeness (QED) is 0.484. The summed E-state index contributed by atoms with van der Waals surface area (Å²) in [4.78, 5) is 13.8. The number of aldehydes is 1. The van der Waals surface area contributed by atoms with E-state index in [9.17, 15) is 4.79 Å². The molecular formula is C6H3Cl2NO. The molecule has 1 aromatic heterocycles. The van der Waals surface area contributed by atoms with Gasteiger partial charge in [-0.15, -0.1) is 0 Å². The molecule has 2 nitrogen and oxygen atoms in total. The van der Waals surface area contributed by atoms with E-state index in [2.05, 4.69) is 4.98 Å². The van der Waals surface area contributed by atoms with Crippen LogP contribution in [0.4, 0.5) is 0 Å². The lowest BCUT2D eigenvalue weighted by atomic mass is 10.4. The number of hydrogen-bond acceptors (Lipinski definition) is 2. The van der Waals surface area contributed by atoms with E-state index in [0.717, 1.165) is 0 Å². The summed E-state index contributed by atoms with van der Waals surface area (Å²) in [5.41, 5.74) is 0.248. The molecule has 0 atom stereocenters. The fraction of sp³-hybridized carbons (Fsp3) is 0. The minimum absolute atomic E-state index is 0.231. The maximum atomic E-state index is 10.1. The van der Waals surface area contributed by atoms with Crippen molar-refractivity contribution in [2.24, 2.45) is 0 Å². The maximum Gasteiger partial charge on any atom is 0.168 e. The Hall–Kier alpha value is -0.600. The van der Waals surface area contributed by atoms with Crippen LogP contribution >= 0.6 is 23.2 Å². The van der Waals surface area contributed by atoms with Gasteiger partial charge in [0.2, 0.25) is 0 Å². The molecule has 0 bridgehead atoms. The summed E-state index contributed by atoms with van der Waals surface area (Å²) in [5.74, 6) is 0. The predicted molar refractivity (Wildman–Crippen MR) is 39.6 cm³/mol. The second kappa shape index (κ2) is 2.99. The third kappa shape index (κ3) is 1.69. The van der Waals surface area contributed by atoms with Crippen molar-refractivity contribution < 1.29 is 4.79 Å². The molecule has 0 aliphatic rings. The van der Waals surface area contributed by atoms with Crippen LogP contribution in [-0.2, 0) is 0 Å². The van der Waals surface area contributed by atoms with Crippen molar-refractivity contribution in [3.63, 3.8) is 0 Å². The Labute approximate surface area is 67.8 Å². The molecule has 1 aromatic rings. The number of carbonyl (C=O) groups excluding carboxylic acids is 1. The fourth-order valence-corrected chi connectivity index (χ4v) is 1.03. The first-order valence-electron chi connectivity index (χ1n) is 2.50. The van der Waals surface area contributed by atoms with Gasteiger partial charge in [0, 0.05) is 5.02 Å². The number of halogens is 2. The normalized spacial score (nSPS) is 9.40. The van der Waals surface area contributed by atoms with Crippen molar-refractivity contribution in [3.8, 4) is 0 Å². The van der Waals surface area contributed by atoms with Gasteiger partial charge in [-0.1, -0.05) is 23.2 Å². The molecule has 0 aromatic carbocycles. The van der Waals surface area contributed by atoms with Gasteiger partial charge in [0.25, 0.3) is 0 Å². The van der Waals surface area contributed by atoms with Gasteiger partial charge in [-0.3, -0.25) is 4.79 Å². The van der Waals surface area contributed by atoms with Crippen molar-refractivity contribution >= 4 is 29.5 Å². The highest BCUT2D eigenvalue weighted by atomic mass is 35.5. The van der Waals surface area contributed by atoms with E-state index in [4.69, 9.17) is 23.2 Å². The topological polar surface area (TPSA) is 30.0 Å². The van der Waals surface area contributed by atoms with Gasteiger partial charge < -0.3 is 0 Å². The van der Waals surface area contributed by atoms with Gasteiger partial charge in [-0.05, 0) is 12.1 Å². The molecule has 0 aliphatic carbocycles. The molecule has 0 spiro atoms. The number of carbonyl (C=O) groups is 1. The number of hydrogen-bond donors (Lipinski definition) is 0. The van der Waals surface area contributed by atoms with E-state index in [1.165, 1.54) is 12.1 Å². The second-order valence-electron chi connectivity index (χ2n) is 1.65. The second-order valence-corrected chi connectivity index (χ2v) is 2.47. The van der Waals surface area contributed by atoms with Crippen molar-refractivity contribution in [2.45, 2.75) is 0 Å². The largest absolute Gasteiger partial charge is 0.296 e. The summed E-state index contributed by atoms with van der Waals surface area (Å²) in [6, 6.07) is 2.91. The van der Waals surface area contributed by atoms with Crippen LogP contribution in [0.1, 0.15) is 10.5 Å². The van der Waals surface area contributed by atoms with Crippen molar-refractivity contribution in [3.05, 3.63) is 28.0 Å². The van der Waals surface area contributed by atoms with Crippen LogP contribution in [0.2, 0.25) is 10.2 Å². The molecule has 4 heteroatoms. The van der Waals surface area contributed by atoms with Gasteiger partial charge in [0.05, 0.1) is 0 Å². The third-order valence-electron chi connectivity index (χ3n) is 0.899. The first-order valence-corrected chi connectivity index (χ1v) is 3.26. The van der Waals surface area contributed by atoms with Crippen molar-refractivity contribution in [1.29, 1.82) is 0 Å². The Balaban J connectivity index is 3.18. The molecule has 10 heavy (non-hydrogen) atoms. The molecule has 0 radical (unpaired) electrons. The first-order chi connectivity index (χ1) is 4.72. The Kier molecular flexibility index (Phi) is 2.25. The zero-order valence-electron chi connectivity index (χ0n) is 4.84. The van der Waals surface area contributed by atoms with Crippen LogP contribution in [0, 0.1) is 0 Å². The highest BCUT2D eigenvalue weighted by Crippen LogP contribution is 2.13. The van der Waals surface area contributed by atoms with Crippen LogP contribution in [0.3, 0.4) is 0 Å². The molecule has 0 aliphatic heterocycles. The van der Waals surface area contributed by atoms with Crippen LogP contribution in [0.15, 0.2) is 12.1 Å². The highest BCUT2D eigenvalue weighted by Gasteiger charge is 1.96. The third-order valence-corrected chi connectivity index (χ3v) is 1.31. The van der Waals surface area contributed by atoms with Crippen LogP contribution in [0.25, 0.3) is 0 Å². The highest BCUT2D eigenvalue weighted by molar-refractivity contribution is 6.34. The molecule has 52 valence electrons. The van der Waals surface area contributed by atoms with E-state index >= 15 is 0 Å². The summed E-state index contributed by atoms with van der Waals surface area (Å²) in [5, 5.41) is 0.650. The number of nitrogens with zero attached hydrogens (tertiary/aromatic N) is 1. The van der Waals surface area contributed by atoms with Gasteiger partial charge in [-0.2, -0.15) is 0 Å². The smallest absolute Gasteiger partial charge is 0.168 e. The summed E-state index contributed by atoms with van der Waals surface area (Å²) >= 11 is 11.0. The summed E-state index contributed by atoms with van der Waals surface area (Å²) in [7, 11) is 0. The average Bonchev–Trinajstić information content (AvgIpc) is 1.85. The minimum atomic E-state index is 0.231. The molecule has 1 heterocycles. The van der Waals surface area contributed by atoms with Crippen LogP contribution in [0.5, 0.6) is 0 Å². The van der Waals surface area contributed by atoms with Gasteiger partial charge in [-0.25, -0.2) is 4.98 Å². The zero-order valence-corrected chi connectivity index (χ0v) is 6.36. The standard InChI is InChI=1S/C6H3Cl2NO/c7-4-1-5(3-10)9-6(8)2-4/h1-3H. The van der Waals surface area contributed by atoms with E-state index in [1.54, 1.807) is 0 Å². The summed E-state index contributed by atoms with van der Waals surface area (Å²) in [6.45, 7) is 0. The van der Waals surface area contributed by atoms with Crippen molar-refractivity contribution in [1.82, 2.24) is 4.98 Å². The monoisotopic (exact) mass is 175 g/mol. The van der Waals surface area contributed by atoms with Gasteiger partial charge >= 0.3 is 0 Å². The molecule has 0 saturated heterocycles. The molecule has 0 fully saturated rings. The van der Waals surface area contributed by atoms with E-state index < -0.39 is 0 Å². The fourth-order valence-electron chi connectivity index (χ4n) is 0.545. The molecule has 0 N–H and O–H groups in total. The lowest BCUT2D eigenvalue weighted by Crippen LogP contribution is -1.85. The SMILES string of the molecule is O=Cc1cc(Cl)cc(Cl)n1. The Morgan fingerprint density at radius 1 is 1.40 bits per heavy atom. The average molecular weight is 176 g/mol. The van der Waals surface area contributed by atoms with Gasteiger partial charge in [0.1, 0.15) is 10.8 Å². The van der Waals surface area contributed by atoms with E-state index in [0.29, 0.717) is 11.3 Å². The zero-order chi connectivity index (χ0) is 7.56. The molecular weight excluding hydrogens is 173 g/mol. The van der Waals surface area contributed by atoms with E-state index in [-0.39, 0.29) is 10.8 Å². The lowest BCUT2D eigenvalue weighted by molar-refractivity contribution is 0.111. The van der Waals surface area contributed by atoms with Gasteiger partial charge in [0.15, 0.2) is 6.29 Å². The first kappa shape index (κ1) is 7.51. The molecule has 0 amide bonds.